The Balaban J connectivity index is 1.44. The fourth-order valence-corrected chi connectivity index (χ4v) is 3.28. The molecule has 2 nitrogen and oxygen atoms in total. The Hall–Kier alpha value is -1.78. The molecule has 1 N–H and O–H groups in total. The topological polar surface area (TPSA) is 24.9 Å². The van der Waals surface area contributed by atoms with Crippen LogP contribution in [-0.4, -0.2) is 11.5 Å². The molecule has 0 aliphatic rings. The highest BCUT2D eigenvalue weighted by molar-refractivity contribution is 7.18. The van der Waals surface area contributed by atoms with Crippen LogP contribution in [0.3, 0.4) is 0 Å². The largest absolute Gasteiger partial charge is 0.313 e. The van der Waals surface area contributed by atoms with Crippen LogP contribution in [0.15, 0.2) is 48.5 Å². The van der Waals surface area contributed by atoms with Crippen LogP contribution < -0.4 is 5.32 Å². The molecule has 0 amide bonds. The summed E-state index contributed by atoms with van der Waals surface area (Å²) >= 11 is 1.77. The molecule has 0 atom stereocenters. The molecule has 0 fully saturated rings. The van der Waals surface area contributed by atoms with Crippen molar-refractivity contribution in [2.75, 3.05) is 6.54 Å². The summed E-state index contributed by atoms with van der Waals surface area (Å²) in [6, 6.07) is 14.9. The van der Waals surface area contributed by atoms with Gasteiger partial charge in [0.1, 0.15) is 5.82 Å². The first kappa shape index (κ1) is 14.2. The lowest BCUT2D eigenvalue weighted by Gasteiger charge is -2.04. The van der Waals surface area contributed by atoms with Crippen LogP contribution in [0, 0.1) is 5.82 Å². The van der Waals surface area contributed by atoms with Crippen molar-refractivity contribution in [2.24, 2.45) is 0 Å². The van der Waals surface area contributed by atoms with Crippen LogP contribution in [-0.2, 0) is 13.0 Å². The third kappa shape index (κ3) is 3.86. The molecular weight excluding hydrogens is 283 g/mol. The van der Waals surface area contributed by atoms with Gasteiger partial charge in [0.2, 0.25) is 0 Å². The van der Waals surface area contributed by atoms with Gasteiger partial charge in [-0.1, -0.05) is 24.3 Å². The van der Waals surface area contributed by atoms with Gasteiger partial charge in [0, 0.05) is 13.0 Å². The molecule has 0 aliphatic carbocycles. The second-order valence-corrected chi connectivity index (χ2v) is 6.10. The van der Waals surface area contributed by atoms with Gasteiger partial charge in [-0.3, -0.25) is 0 Å². The highest BCUT2D eigenvalue weighted by atomic mass is 32.1. The Morgan fingerprint density at radius 1 is 1.10 bits per heavy atom. The average molecular weight is 300 g/mol. The molecule has 3 aromatic rings. The number of aryl methyl sites for hydroxylation is 1. The van der Waals surface area contributed by atoms with E-state index >= 15 is 0 Å². The van der Waals surface area contributed by atoms with E-state index in [-0.39, 0.29) is 5.82 Å². The number of hydrogen-bond acceptors (Lipinski definition) is 3. The minimum Gasteiger partial charge on any atom is -0.313 e. The standard InChI is InChI=1S/C17H17FN2S/c18-14-6-3-5-13(11-14)12-19-10-4-9-17-20-15-7-1-2-8-16(15)21-17/h1-3,5-8,11,19H,4,9-10,12H2. The lowest BCUT2D eigenvalue weighted by Crippen LogP contribution is -2.15. The predicted molar refractivity (Wildman–Crippen MR) is 86.0 cm³/mol. The summed E-state index contributed by atoms with van der Waals surface area (Å²) < 4.78 is 14.3. The second-order valence-electron chi connectivity index (χ2n) is 4.99. The smallest absolute Gasteiger partial charge is 0.123 e. The molecule has 2 aromatic carbocycles. The summed E-state index contributed by atoms with van der Waals surface area (Å²) in [7, 11) is 0. The number of rotatable bonds is 6. The maximum absolute atomic E-state index is 13.0. The molecule has 0 unspecified atom stereocenters. The predicted octanol–water partition coefficient (Wildman–Crippen LogP) is 4.16. The third-order valence-electron chi connectivity index (χ3n) is 3.30. The number of aromatic nitrogens is 1. The molecule has 0 saturated heterocycles. The van der Waals surface area contributed by atoms with E-state index in [9.17, 15) is 4.39 Å². The quantitative estimate of drug-likeness (QED) is 0.692. The summed E-state index contributed by atoms with van der Waals surface area (Å²) in [5.74, 6) is -0.177. The number of para-hydroxylation sites is 1. The molecule has 4 heteroatoms. The summed E-state index contributed by atoms with van der Waals surface area (Å²) in [5.41, 5.74) is 2.07. The van der Waals surface area contributed by atoms with Gasteiger partial charge in [0.25, 0.3) is 0 Å². The normalized spacial score (nSPS) is 11.1. The molecule has 21 heavy (non-hydrogen) atoms. The number of hydrogen-bond donors (Lipinski definition) is 1. The first-order chi connectivity index (χ1) is 10.3. The maximum Gasteiger partial charge on any atom is 0.123 e. The van der Waals surface area contributed by atoms with Crippen molar-refractivity contribution in [1.29, 1.82) is 0 Å². The van der Waals surface area contributed by atoms with Gasteiger partial charge in [-0.05, 0) is 42.8 Å². The second kappa shape index (κ2) is 6.78. The van der Waals surface area contributed by atoms with Crippen LogP contribution >= 0.6 is 11.3 Å². The van der Waals surface area contributed by atoms with E-state index in [0.29, 0.717) is 6.54 Å². The molecule has 1 heterocycles. The highest BCUT2D eigenvalue weighted by Crippen LogP contribution is 2.22. The number of nitrogens with zero attached hydrogens (tertiary/aromatic N) is 1. The van der Waals surface area contributed by atoms with E-state index in [1.54, 1.807) is 23.5 Å². The Kier molecular flexibility index (Phi) is 4.58. The van der Waals surface area contributed by atoms with Crippen LogP contribution in [0.4, 0.5) is 4.39 Å². The zero-order valence-corrected chi connectivity index (χ0v) is 12.5. The molecule has 0 radical (unpaired) electrons. The Bertz CT molecular complexity index is 690. The van der Waals surface area contributed by atoms with Gasteiger partial charge in [-0.25, -0.2) is 9.37 Å². The van der Waals surface area contributed by atoms with Crippen molar-refractivity contribution in [3.05, 3.63) is 64.9 Å². The van der Waals surface area contributed by atoms with Crippen LogP contribution in [0.2, 0.25) is 0 Å². The molecular formula is C17H17FN2S. The lowest BCUT2D eigenvalue weighted by molar-refractivity contribution is 0.616. The zero-order chi connectivity index (χ0) is 14.5. The van der Waals surface area contributed by atoms with Crippen LogP contribution in [0.5, 0.6) is 0 Å². The van der Waals surface area contributed by atoms with Crippen molar-refractivity contribution in [3.63, 3.8) is 0 Å². The first-order valence-corrected chi connectivity index (χ1v) is 7.92. The van der Waals surface area contributed by atoms with E-state index < -0.39 is 0 Å². The Morgan fingerprint density at radius 2 is 2.00 bits per heavy atom. The van der Waals surface area contributed by atoms with Crippen molar-refractivity contribution in [3.8, 4) is 0 Å². The van der Waals surface area contributed by atoms with E-state index in [2.05, 4.69) is 22.4 Å². The highest BCUT2D eigenvalue weighted by Gasteiger charge is 2.02. The van der Waals surface area contributed by atoms with E-state index in [4.69, 9.17) is 0 Å². The number of halogens is 1. The third-order valence-corrected chi connectivity index (χ3v) is 4.40. The number of benzene rings is 2. The Labute approximate surface area is 127 Å². The van der Waals surface area contributed by atoms with Gasteiger partial charge in [-0.2, -0.15) is 0 Å². The minimum absolute atomic E-state index is 0.177. The van der Waals surface area contributed by atoms with Gasteiger partial charge in [-0.15, -0.1) is 11.3 Å². The number of nitrogens with one attached hydrogen (secondary N) is 1. The van der Waals surface area contributed by atoms with Crippen molar-refractivity contribution < 1.29 is 4.39 Å². The van der Waals surface area contributed by atoms with Crippen molar-refractivity contribution in [2.45, 2.75) is 19.4 Å². The molecule has 0 spiro atoms. The molecule has 1 aromatic heterocycles. The van der Waals surface area contributed by atoms with Crippen molar-refractivity contribution >= 4 is 21.6 Å². The van der Waals surface area contributed by atoms with E-state index in [1.807, 2.05) is 18.2 Å². The van der Waals surface area contributed by atoms with E-state index in [1.165, 1.54) is 15.8 Å². The van der Waals surface area contributed by atoms with Gasteiger partial charge >= 0.3 is 0 Å². The average Bonchev–Trinajstić information content (AvgIpc) is 2.89. The maximum atomic E-state index is 13.0. The molecule has 0 bridgehead atoms. The fraction of sp³-hybridized carbons (Fsp3) is 0.235. The number of thiazole rings is 1. The molecule has 3 rings (SSSR count). The van der Waals surface area contributed by atoms with Crippen molar-refractivity contribution in [1.82, 2.24) is 10.3 Å². The minimum atomic E-state index is -0.177. The summed E-state index contributed by atoms with van der Waals surface area (Å²) in [6.45, 7) is 1.62. The van der Waals surface area contributed by atoms with Gasteiger partial charge < -0.3 is 5.32 Å². The van der Waals surface area contributed by atoms with Crippen LogP contribution in [0.1, 0.15) is 17.0 Å². The van der Waals surface area contributed by atoms with E-state index in [0.717, 1.165) is 30.5 Å². The fourth-order valence-electron chi connectivity index (χ4n) is 2.27. The van der Waals surface area contributed by atoms with Gasteiger partial charge in [0.05, 0.1) is 15.2 Å². The summed E-state index contributed by atoms with van der Waals surface area (Å²) in [4.78, 5) is 4.62. The van der Waals surface area contributed by atoms with Gasteiger partial charge in [0.15, 0.2) is 0 Å². The zero-order valence-electron chi connectivity index (χ0n) is 11.7. The summed E-state index contributed by atoms with van der Waals surface area (Å²) in [5, 5.41) is 4.53. The molecule has 0 saturated carbocycles. The number of fused-ring (bicyclic) bond motifs is 1. The molecule has 0 aliphatic heterocycles. The van der Waals surface area contributed by atoms with Crippen LogP contribution in [0.25, 0.3) is 10.2 Å². The monoisotopic (exact) mass is 300 g/mol. The first-order valence-electron chi connectivity index (χ1n) is 7.11. The summed E-state index contributed by atoms with van der Waals surface area (Å²) in [6.07, 6.45) is 2.02. The lowest BCUT2D eigenvalue weighted by atomic mass is 10.2. The molecule has 108 valence electrons. The Morgan fingerprint density at radius 3 is 2.86 bits per heavy atom. The SMILES string of the molecule is Fc1cccc(CNCCCc2nc3ccccc3s2)c1.